The average molecular weight is 437 g/mol. The topological polar surface area (TPSA) is 33.7 Å². The first-order valence-corrected chi connectivity index (χ1v) is 11.1. The Morgan fingerprint density at radius 3 is 2.58 bits per heavy atom. The summed E-state index contributed by atoms with van der Waals surface area (Å²) < 4.78 is 12.0. The Bertz CT molecular complexity index is 1000. The monoisotopic (exact) mass is 436 g/mol. The molecule has 1 aliphatic rings. The van der Waals surface area contributed by atoms with Gasteiger partial charge in [0.1, 0.15) is 24.7 Å². The number of fused-ring (bicyclic) bond motifs is 1. The molecule has 0 fully saturated rings. The van der Waals surface area contributed by atoms with Gasteiger partial charge >= 0.3 is 0 Å². The molecule has 0 spiro atoms. The molecule has 3 aromatic rings. The fraction of sp³-hybridized carbons (Fsp3) is 0.308. The summed E-state index contributed by atoms with van der Waals surface area (Å²) in [6.45, 7) is 3.06. The van der Waals surface area contributed by atoms with Crippen LogP contribution in [-0.4, -0.2) is 38.7 Å². The minimum Gasteiger partial charge on any atom is -0.492 e. The number of benzene rings is 3. The zero-order valence-corrected chi connectivity index (χ0v) is 18.9. The van der Waals surface area contributed by atoms with E-state index in [1.165, 1.54) is 16.7 Å². The van der Waals surface area contributed by atoms with E-state index < -0.39 is 0 Å². The van der Waals surface area contributed by atoms with Crippen molar-refractivity contribution in [1.82, 2.24) is 10.2 Å². The molecule has 162 valence electrons. The van der Waals surface area contributed by atoms with Gasteiger partial charge in [-0.25, -0.2) is 0 Å². The van der Waals surface area contributed by atoms with Crippen LogP contribution in [0, 0.1) is 0 Å². The fourth-order valence-electron chi connectivity index (χ4n) is 3.81. The fourth-order valence-corrected chi connectivity index (χ4v) is 3.93. The van der Waals surface area contributed by atoms with E-state index in [4.69, 9.17) is 21.1 Å². The van der Waals surface area contributed by atoms with E-state index in [1.807, 2.05) is 30.3 Å². The Hall–Kier alpha value is -2.53. The van der Waals surface area contributed by atoms with Crippen molar-refractivity contribution in [3.05, 3.63) is 94.0 Å². The van der Waals surface area contributed by atoms with Gasteiger partial charge < -0.3 is 19.7 Å². The third kappa shape index (κ3) is 5.79. The molecule has 1 aliphatic heterocycles. The van der Waals surface area contributed by atoms with Crippen LogP contribution >= 0.6 is 11.6 Å². The number of nitrogens with zero attached hydrogens (tertiary/aromatic N) is 1. The van der Waals surface area contributed by atoms with Gasteiger partial charge in [0.15, 0.2) is 0 Å². The second kappa shape index (κ2) is 10.2. The molecule has 0 saturated carbocycles. The van der Waals surface area contributed by atoms with E-state index in [9.17, 15) is 0 Å². The Morgan fingerprint density at radius 2 is 1.77 bits per heavy atom. The standard InChI is InChI=1S/C26H29ClN2O2/c1-29(2)14-15-30-24-10-11-25-20(16-24)12-13-28-26(25)21-4-3-5-23(17-21)31-18-19-6-8-22(27)9-7-19/h3-11,16-17,26,28H,12-15,18H2,1-2H3. The van der Waals surface area contributed by atoms with Gasteiger partial charge in [0.2, 0.25) is 0 Å². The maximum absolute atomic E-state index is 6.04. The molecular weight excluding hydrogens is 408 g/mol. The van der Waals surface area contributed by atoms with Gasteiger partial charge in [-0.15, -0.1) is 0 Å². The summed E-state index contributed by atoms with van der Waals surface area (Å²) >= 11 is 5.97. The summed E-state index contributed by atoms with van der Waals surface area (Å²) in [5, 5.41) is 4.39. The summed E-state index contributed by atoms with van der Waals surface area (Å²) in [6.07, 6.45) is 1.00. The molecule has 0 aromatic heterocycles. The minimum atomic E-state index is 0.152. The molecule has 1 unspecified atom stereocenters. The molecule has 1 heterocycles. The van der Waals surface area contributed by atoms with Gasteiger partial charge in [0.05, 0.1) is 6.04 Å². The summed E-state index contributed by atoms with van der Waals surface area (Å²) in [7, 11) is 4.11. The molecule has 4 nitrogen and oxygen atoms in total. The van der Waals surface area contributed by atoms with E-state index in [2.05, 4.69) is 60.7 Å². The zero-order chi connectivity index (χ0) is 21.6. The maximum Gasteiger partial charge on any atom is 0.120 e. The number of hydrogen-bond donors (Lipinski definition) is 1. The normalized spacial score (nSPS) is 15.5. The van der Waals surface area contributed by atoms with Gasteiger partial charge in [-0.05, 0) is 79.2 Å². The van der Waals surface area contributed by atoms with Gasteiger partial charge in [0, 0.05) is 18.1 Å². The quantitative estimate of drug-likeness (QED) is 0.533. The highest BCUT2D eigenvalue weighted by Gasteiger charge is 2.22. The lowest BCUT2D eigenvalue weighted by molar-refractivity contribution is 0.261. The molecule has 3 aromatic carbocycles. The minimum absolute atomic E-state index is 0.152. The van der Waals surface area contributed by atoms with E-state index in [0.29, 0.717) is 13.2 Å². The number of nitrogens with one attached hydrogen (secondary N) is 1. The van der Waals surface area contributed by atoms with Crippen LogP contribution in [0.5, 0.6) is 11.5 Å². The van der Waals surface area contributed by atoms with Crippen molar-refractivity contribution in [1.29, 1.82) is 0 Å². The van der Waals surface area contributed by atoms with Crippen molar-refractivity contribution in [2.45, 2.75) is 19.1 Å². The summed E-state index contributed by atoms with van der Waals surface area (Å²) in [5.41, 5.74) is 4.95. The highest BCUT2D eigenvalue weighted by atomic mass is 35.5. The van der Waals surface area contributed by atoms with Crippen molar-refractivity contribution in [3.63, 3.8) is 0 Å². The van der Waals surface area contributed by atoms with E-state index in [-0.39, 0.29) is 6.04 Å². The zero-order valence-electron chi connectivity index (χ0n) is 18.1. The Balaban J connectivity index is 1.46. The predicted molar refractivity (Wildman–Crippen MR) is 126 cm³/mol. The maximum atomic E-state index is 6.04. The molecule has 0 aliphatic carbocycles. The number of halogens is 1. The molecule has 1 atom stereocenters. The molecule has 0 saturated heterocycles. The van der Waals surface area contributed by atoms with Crippen molar-refractivity contribution in [2.24, 2.45) is 0 Å². The first kappa shape index (κ1) is 21.7. The number of rotatable bonds is 8. The molecular formula is C26H29ClN2O2. The van der Waals surface area contributed by atoms with E-state index in [0.717, 1.165) is 41.6 Å². The van der Waals surface area contributed by atoms with Crippen molar-refractivity contribution < 1.29 is 9.47 Å². The van der Waals surface area contributed by atoms with E-state index >= 15 is 0 Å². The molecule has 4 rings (SSSR count). The molecule has 5 heteroatoms. The number of hydrogen-bond acceptors (Lipinski definition) is 4. The lowest BCUT2D eigenvalue weighted by Gasteiger charge is -2.28. The first-order chi connectivity index (χ1) is 15.1. The van der Waals surface area contributed by atoms with Crippen LogP contribution in [0.25, 0.3) is 0 Å². The number of ether oxygens (including phenoxy) is 2. The van der Waals surface area contributed by atoms with Crippen LogP contribution in [0.15, 0.2) is 66.7 Å². The third-order valence-electron chi connectivity index (χ3n) is 5.49. The van der Waals surface area contributed by atoms with Crippen molar-refractivity contribution in [2.75, 3.05) is 33.8 Å². The van der Waals surface area contributed by atoms with Crippen LogP contribution in [0.4, 0.5) is 0 Å². The van der Waals surface area contributed by atoms with Crippen molar-refractivity contribution >= 4 is 11.6 Å². The van der Waals surface area contributed by atoms with E-state index in [1.54, 1.807) is 0 Å². The Morgan fingerprint density at radius 1 is 0.968 bits per heavy atom. The number of likely N-dealkylation sites (N-methyl/N-ethyl adjacent to an activating group) is 1. The first-order valence-electron chi connectivity index (χ1n) is 10.7. The SMILES string of the molecule is CN(C)CCOc1ccc2c(c1)CCNC2c1cccc(OCc2ccc(Cl)cc2)c1. The predicted octanol–water partition coefficient (Wildman–Crippen LogP) is 5.09. The smallest absolute Gasteiger partial charge is 0.120 e. The second-order valence-electron chi connectivity index (χ2n) is 8.14. The van der Waals surface area contributed by atoms with Crippen LogP contribution in [0.3, 0.4) is 0 Å². The van der Waals surface area contributed by atoms with Gasteiger partial charge in [-0.3, -0.25) is 0 Å². The van der Waals surface area contributed by atoms with Crippen molar-refractivity contribution in [3.8, 4) is 11.5 Å². The van der Waals surface area contributed by atoms with Gasteiger partial charge in [-0.1, -0.05) is 41.9 Å². The average Bonchev–Trinajstić information content (AvgIpc) is 2.78. The molecule has 1 N–H and O–H groups in total. The third-order valence-corrected chi connectivity index (χ3v) is 5.74. The summed E-state index contributed by atoms with van der Waals surface area (Å²) in [6, 6.07) is 22.7. The highest BCUT2D eigenvalue weighted by molar-refractivity contribution is 6.30. The largest absolute Gasteiger partial charge is 0.492 e. The molecule has 0 radical (unpaired) electrons. The lowest BCUT2D eigenvalue weighted by Crippen LogP contribution is -2.30. The Kier molecular flexibility index (Phi) is 7.13. The van der Waals surface area contributed by atoms with Crippen LogP contribution in [0.1, 0.15) is 28.3 Å². The molecule has 31 heavy (non-hydrogen) atoms. The van der Waals surface area contributed by atoms with Crippen LogP contribution in [0.2, 0.25) is 5.02 Å². The lowest BCUT2D eigenvalue weighted by atomic mass is 9.89. The Labute approximate surface area is 189 Å². The van der Waals surface area contributed by atoms with Crippen LogP contribution in [-0.2, 0) is 13.0 Å². The highest BCUT2D eigenvalue weighted by Crippen LogP contribution is 2.32. The summed E-state index contributed by atoms with van der Waals surface area (Å²) in [5.74, 6) is 1.81. The summed E-state index contributed by atoms with van der Waals surface area (Å²) in [4.78, 5) is 2.13. The molecule has 0 amide bonds. The van der Waals surface area contributed by atoms with Gasteiger partial charge in [-0.2, -0.15) is 0 Å². The second-order valence-corrected chi connectivity index (χ2v) is 8.57. The molecule has 0 bridgehead atoms. The van der Waals surface area contributed by atoms with Crippen LogP contribution < -0.4 is 14.8 Å². The van der Waals surface area contributed by atoms with Gasteiger partial charge in [0.25, 0.3) is 0 Å².